The van der Waals surface area contributed by atoms with Crippen LogP contribution in [-0.4, -0.2) is 30.6 Å². The highest BCUT2D eigenvalue weighted by molar-refractivity contribution is 6.32. The van der Waals surface area contributed by atoms with E-state index < -0.39 is 5.97 Å². The number of benzene rings is 1. The average molecular weight is 298 g/mol. The number of rotatable bonds is 7. The molecule has 108 valence electrons. The second-order valence-electron chi connectivity index (χ2n) is 3.95. The summed E-state index contributed by atoms with van der Waals surface area (Å²) in [6.07, 6.45) is 3.35. The Hall–Kier alpha value is -2.01. The zero-order valence-corrected chi connectivity index (χ0v) is 11.8. The van der Waals surface area contributed by atoms with Crippen LogP contribution in [0.2, 0.25) is 5.02 Å². The van der Waals surface area contributed by atoms with E-state index in [4.69, 9.17) is 21.4 Å². The summed E-state index contributed by atoms with van der Waals surface area (Å²) in [5, 5.41) is 11.6. The van der Waals surface area contributed by atoms with Gasteiger partial charge in [0.1, 0.15) is 5.75 Å². The lowest BCUT2D eigenvalue weighted by Gasteiger charge is -2.10. The Kier molecular flexibility index (Phi) is 6.59. The first kappa shape index (κ1) is 16.0. The molecule has 1 amide bonds. The molecule has 0 aromatic heterocycles. The Balaban J connectivity index is 2.68. The van der Waals surface area contributed by atoms with E-state index >= 15 is 0 Å². The maximum Gasteiger partial charge on any atom is 0.328 e. The third-order valence-corrected chi connectivity index (χ3v) is 2.77. The number of carboxylic acids is 1. The van der Waals surface area contributed by atoms with E-state index in [1.54, 1.807) is 25.2 Å². The molecule has 0 bridgehead atoms. The summed E-state index contributed by atoms with van der Waals surface area (Å²) >= 11 is 6.03. The summed E-state index contributed by atoms with van der Waals surface area (Å²) in [5.41, 5.74) is 0.583. The third kappa shape index (κ3) is 5.32. The molecule has 2 N–H and O–H groups in total. The standard InChI is InChI=1S/C14H16ClNO4/c1-16-12(17)6-3-9-20-14-10(7-8-13(18)19)4-2-5-11(14)15/h2,4-5,7-8H,3,6,9H2,1H3,(H,16,17)(H,18,19)/b8-7+. The van der Waals surface area contributed by atoms with E-state index in [1.165, 1.54) is 6.08 Å². The lowest BCUT2D eigenvalue weighted by molar-refractivity contribution is -0.131. The van der Waals surface area contributed by atoms with Crippen LogP contribution >= 0.6 is 11.6 Å². The summed E-state index contributed by atoms with van der Waals surface area (Å²) in [6, 6.07) is 5.08. The van der Waals surface area contributed by atoms with Crippen LogP contribution in [0.3, 0.4) is 0 Å². The van der Waals surface area contributed by atoms with E-state index in [0.29, 0.717) is 35.8 Å². The van der Waals surface area contributed by atoms with Crippen LogP contribution < -0.4 is 10.1 Å². The first-order valence-corrected chi connectivity index (χ1v) is 6.45. The second kappa shape index (κ2) is 8.22. The molecule has 0 saturated heterocycles. The van der Waals surface area contributed by atoms with Crippen molar-refractivity contribution in [2.45, 2.75) is 12.8 Å². The van der Waals surface area contributed by atoms with Crippen LogP contribution in [0.15, 0.2) is 24.3 Å². The number of aliphatic carboxylic acids is 1. The number of carboxylic acid groups (broad SMARTS) is 1. The smallest absolute Gasteiger partial charge is 0.328 e. The lowest BCUT2D eigenvalue weighted by Crippen LogP contribution is -2.18. The van der Waals surface area contributed by atoms with Crippen molar-refractivity contribution < 1.29 is 19.4 Å². The number of hydrogen-bond donors (Lipinski definition) is 2. The van der Waals surface area contributed by atoms with Crippen LogP contribution in [0, 0.1) is 0 Å². The molecule has 0 saturated carbocycles. The quantitative estimate of drug-likeness (QED) is 0.598. The number of carbonyl (C=O) groups is 2. The predicted molar refractivity (Wildman–Crippen MR) is 76.9 cm³/mol. The minimum atomic E-state index is -1.05. The number of nitrogens with one attached hydrogen (secondary N) is 1. The fourth-order valence-corrected chi connectivity index (χ4v) is 1.74. The van der Waals surface area contributed by atoms with Crippen molar-refractivity contribution in [2.24, 2.45) is 0 Å². The molecule has 0 atom stereocenters. The first-order chi connectivity index (χ1) is 9.54. The molecular formula is C14H16ClNO4. The van der Waals surface area contributed by atoms with Gasteiger partial charge in [-0.05, 0) is 18.6 Å². The highest BCUT2D eigenvalue weighted by Crippen LogP contribution is 2.29. The molecule has 0 unspecified atom stereocenters. The van der Waals surface area contributed by atoms with E-state index in [1.807, 2.05) is 0 Å². The lowest BCUT2D eigenvalue weighted by atomic mass is 10.2. The van der Waals surface area contributed by atoms with Gasteiger partial charge in [0.25, 0.3) is 0 Å². The Morgan fingerprint density at radius 2 is 2.20 bits per heavy atom. The summed E-state index contributed by atoms with van der Waals surface area (Å²) in [6.45, 7) is 0.324. The normalized spacial score (nSPS) is 10.5. The maximum absolute atomic E-state index is 11.1. The molecule has 1 aromatic rings. The molecule has 0 aliphatic carbocycles. The number of halogens is 1. The largest absolute Gasteiger partial charge is 0.491 e. The predicted octanol–water partition coefficient (Wildman–Crippen LogP) is 2.34. The first-order valence-electron chi connectivity index (χ1n) is 6.07. The van der Waals surface area contributed by atoms with Crippen LogP contribution in [-0.2, 0) is 9.59 Å². The van der Waals surface area contributed by atoms with E-state index in [0.717, 1.165) is 6.08 Å². The molecular weight excluding hydrogens is 282 g/mol. The molecule has 1 rings (SSSR count). The summed E-state index contributed by atoms with van der Waals surface area (Å²) in [5.74, 6) is -0.683. The summed E-state index contributed by atoms with van der Waals surface area (Å²) in [4.78, 5) is 21.6. The Morgan fingerprint density at radius 3 is 2.85 bits per heavy atom. The topological polar surface area (TPSA) is 75.6 Å². The molecule has 5 nitrogen and oxygen atoms in total. The zero-order chi connectivity index (χ0) is 15.0. The van der Waals surface area contributed by atoms with E-state index in [9.17, 15) is 9.59 Å². The molecule has 0 fully saturated rings. The Morgan fingerprint density at radius 1 is 1.45 bits per heavy atom. The molecule has 0 heterocycles. The van der Waals surface area contributed by atoms with Crippen LogP contribution in [0.4, 0.5) is 0 Å². The maximum atomic E-state index is 11.1. The summed E-state index contributed by atoms with van der Waals surface area (Å²) < 4.78 is 5.54. The van der Waals surface area contributed by atoms with Gasteiger partial charge in [-0.15, -0.1) is 0 Å². The number of hydrogen-bond acceptors (Lipinski definition) is 3. The molecule has 0 aliphatic heterocycles. The van der Waals surface area contributed by atoms with Gasteiger partial charge in [-0.25, -0.2) is 4.79 Å². The van der Waals surface area contributed by atoms with E-state index in [-0.39, 0.29) is 5.91 Å². The van der Waals surface area contributed by atoms with Crippen molar-refractivity contribution in [1.29, 1.82) is 0 Å². The van der Waals surface area contributed by atoms with Crippen LogP contribution in [0.25, 0.3) is 6.08 Å². The van der Waals surface area contributed by atoms with Gasteiger partial charge < -0.3 is 15.2 Å². The van der Waals surface area contributed by atoms with Gasteiger partial charge in [0.05, 0.1) is 11.6 Å². The fraction of sp³-hybridized carbons (Fsp3) is 0.286. The van der Waals surface area contributed by atoms with Gasteiger partial charge >= 0.3 is 5.97 Å². The average Bonchev–Trinajstić information content (AvgIpc) is 2.42. The highest BCUT2D eigenvalue weighted by atomic mass is 35.5. The Bertz CT molecular complexity index is 514. The van der Waals surface area contributed by atoms with Crippen molar-refractivity contribution >= 4 is 29.6 Å². The number of para-hydroxylation sites is 1. The molecule has 0 radical (unpaired) electrons. The van der Waals surface area contributed by atoms with Crippen molar-refractivity contribution in [3.05, 3.63) is 34.9 Å². The SMILES string of the molecule is CNC(=O)CCCOc1c(Cl)cccc1/C=C/C(=O)O. The van der Waals surface area contributed by atoms with Gasteiger partial charge in [0.2, 0.25) is 5.91 Å². The fourth-order valence-electron chi connectivity index (χ4n) is 1.50. The van der Waals surface area contributed by atoms with Gasteiger partial charge in [0, 0.05) is 25.1 Å². The van der Waals surface area contributed by atoms with Gasteiger partial charge in [-0.1, -0.05) is 23.7 Å². The molecule has 0 spiro atoms. The third-order valence-electron chi connectivity index (χ3n) is 2.48. The number of carbonyl (C=O) groups excluding carboxylic acids is 1. The zero-order valence-electron chi connectivity index (χ0n) is 11.1. The van der Waals surface area contributed by atoms with Gasteiger partial charge in [-0.2, -0.15) is 0 Å². The van der Waals surface area contributed by atoms with Crippen molar-refractivity contribution in [2.75, 3.05) is 13.7 Å². The number of ether oxygens (including phenoxy) is 1. The van der Waals surface area contributed by atoms with Crippen LogP contribution in [0.1, 0.15) is 18.4 Å². The molecule has 1 aromatic carbocycles. The molecule has 6 heteroatoms. The second-order valence-corrected chi connectivity index (χ2v) is 4.36. The van der Waals surface area contributed by atoms with Crippen molar-refractivity contribution in [1.82, 2.24) is 5.32 Å². The van der Waals surface area contributed by atoms with Crippen LogP contribution in [0.5, 0.6) is 5.75 Å². The minimum Gasteiger partial charge on any atom is -0.491 e. The van der Waals surface area contributed by atoms with Gasteiger partial charge in [-0.3, -0.25) is 4.79 Å². The highest BCUT2D eigenvalue weighted by Gasteiger charge is 2.07. The van der Waals surface area contributed by atoms with Gasteiger partial charge in [0.15, 0.2) is 0 Å². The minimum absolute atomic E-state index is 0.0567. The monoisotopic (exact) mass is 297 g/mol. The summed E-state index contributed by atoms with van der Waals surface area (Å²) in [7, 11) is 1.58. The number of amides is 1. The molecule has 20 heavy (non-hydrogen) atoms. The molecule has 0 aliphatic rings. The Labute approximate surface area is 122 Å². The van der Waals surface area contributed by atoms with Crippen molar-refractivity contribution in [3.63, 3.8) is 0 Å². The van der Waals surface area contributed by atoms with E-state index in [2.05, 4.69) is 5.32 Å². The van der Waals surface area contributed by atoms with Crippen molar-refractivity contribution in [3.8, 4) is 5.75 Å².